The number of carbonyl (C=O) groups is 1. The summed E-state index contributed by atoms with van der Waals surface area (Å²) in [7, 11) is 1.98. The summed E-state index contributed by atoms with van der Waals surface area (Å²) >= 11 is 0. The molecule has 1 amide bonds. The first-order chi connectivity index (χ1) is 10.7. The second kappa shape index (κ2) is 6.46. The van der Waals surface area contributed by atoms with Crippen molar-refractivity contribution >= 4 is 16.9 Å². The van der Waals surface area contributed by atoms with Crippen molar-refractivity contribution in [1.29, 1.82) is 0 Å². The molecule has 1 saturated heterocycles. The lowest BCUT2D eigenvalue weighted by molar-refractivity contribution is -0.123. The zero-order valence-electron chi connectivity index (χ0n) is 13.1. The molecule has 3 N–H and O–H groups in total. The molecule has 1 aliphatic heterocycles. The molecule has 2 aromatic rings. The smallest absolute Gasteiger partial charge is 0.238 e. The molecule has 0 saturated carbocycles. The molecule has 2 unspecified atom stereocenters. The Morgan fingerprint density at radius 1 is 1.41 bits per heavy atom. The minimum absolute atomic E-state index is 0.0261. The molecule has 118 valence electrons. The van der Waals surface area contributed by atoms with Gasteiger partial charge in [0.1, 0.15) is 11.9 Å². The van der Waals surface area contributed by atoms with E-state index < -0.39 is 0 Å². The second-order valence-corrected chi connectivity index (χ2v) is 5.86. The molecule has 0 radical (unpaired) electrons. The molecule has 1 aromatic carbocycles. The van der Waals surface area contributed by atoms with E-state index in [1.807, 2.05) is 35.9 Å². The van der Waals surface area contributed by atoms with Gasteiger partial charge in [0, 0.05) is 13.1 Å². The van der Waals surface area contributed by atoms with Gasteiger partial charge in [0.25, 0.3) is 0 Å². The largest absolute Gasteiger partial charge is 0.347 e. The van der Waals surface area contributed by atoms with E-state index in [0.717, 1.165) is 36.1 Å². The van der Waals surface area contributed by atoms with Gasteiger partial charge in [-0.3, -0.25) is 10.2 Å². The van der Waals surface area contributed by atoms with Crippen LogP contribution in [0.1, 0.15) is 32.0 Å². The average molecular weight is 301 g/mol. The molecule has 3 rings (SSSR count). The third-order valence-corrected chi connectivity index (χ3v) is 4.24. The number of aryl methyl sites for hydroxylation is 1. The molecule has 1 aromatic heterocycles. The van der Waals surface area contributed by atoms with Gasteiger partial charge in [0.15, 0.2) is 0 Å². The highest BCUT2D eigenvalue weighted by Gasteiger charge is 2.28. The van der Waals surface area contributed by atoms with Crippen molar-refractivity contribution in [3.8, 4) is 0 Å². The Labute approximate surface area is 130 Å². The molecular weight excluding hydrogens is 278 g/mol. The Hall–Kier alpha value is -1.92. The molecule has 6 heteroatoms. The van der Waals surface area contributed by atoms with E-state index in [-0.39, 0.29) is 11.9 Å². The van der Waals surface area contributed by atoms with Crippen LogP contribution in [0.2, 0.25) is 0 Å². The summed E-state index contributed by atoms with van der Waals surface area (Å²) in [6.07, 6.45) is 3.04. The van der Waals surface area contributed by atoms with Crippen LogP contribution in [0.4, 0.5) is 0 Å². The van der Waals surface area contributed by atoms with Crippen molar-refractivity contribution in [1.82, 2.24) is 25.7 Å². The second-order valence-electron chi connectivity index (χ2n) is 5.86. The summed E-state index contributed by atoms with van der Waals surface area (Å²) in [5.41, 5.74) is 8.30. The van der Waals surface area contributed by atoms with Crippen molar-refractivity contribution in [3.05, 3.63) is 30.1 Å². The molecule has 2 atom stereocenters. The number of fused-ring (bicyclic) bond motifs is 1. The summed E-state index contributed by atoms with van der Waals surface area (Å²) < 4.78 is 2.02. The quantitative estimate of drug-likeness (QED) is 0.777. The van der Waals surface area contributed by atoms with E-state index in [1.165, 1.54) is 0 Å². The van der Waals surface area contributed by atoms with Crippen LogP contribution in [-0.2, 0) is 18.4 Å². The van der Waals surface area contributed by atoms with Crippen LogP contribution in [0.3, 0.4) is 0 Å². The first-order valence-corrected chi connectivity index (χ1v) is 7.88. The van der Waals surface area contributed by atoms with Crippen LogP contribution < -0.4 is 16.2 Å². The van der Waals surface area contributed by atoms with Crippen molar-refractivity contribution in [2.45, 2.75) is 44.8 Å². The number of nitrogens with one attached hydrogen (secondary N) is 3. The number of hydrazine groups is 1. The van der Waals surface area contributed by atoms with Gasteiger partial charge < -0.3 is 9.88 Å². The molecule has 1 aliphatic rings. The molecule has 2 heterocycles. The maximum atomic E-state index is 12.2. The summed E-state index contributed by atoms with van der Waals surface area (Å²) in [5, 5.41) is 2.98. The van der Waals surface area contributed by atoms with Gasteiger partial charge in [-0.2, -0.15) is 0 Å². The van der Waals surface area contributed by atoms with E-state index in [2.05, 4.69) is 28.1 Å². The molecule has 0 aliphatic carbocycles. The number of hydrogen-bond donors (Lipinski definition) is 3. The summed E-state index contributed by atoms with van der Waals surface area (Å²) in [6.45, 7) is 2.60. The Kier molecular flexibility index (Phi) is 4.40. The van der Waals surface area contributed by atoms with Crippen LogP contribution in [0, 0.1) is 0 Å². The lowest BCUT2D eigenvalue weighted by atomic mass is 10.1. The highest BCUT2D eigenvalue weighted by Crippen LogP contribution is 2.14. The van der Waals surface area contributed by atoms with E-state index in [9.17, 15) is 4.79 Å². The number of benzene rings is 1. The van der Waals surface area contributed by atoms with E-state index in [1.54, 1.807) is 0 Å². The Bertz CT molecular complexity index is 666. The Morgan fingerprint density at radius 2 is 2.23 bits per heavy atom. The first kappa shape index (κ1) is 15.0. The number of hydrogen-bond acceptors (Lipinski definition) is 4. The van der Waals surface area contributed by atoms with E-state index in [0.29, 0.717) is 12.6 Å². The number of rotatable bonds is 5. The van der Waals surface area contributed by atoms with Crippen molar-refractivity contribution in [2.24, 2.45) is 7.05 Å². The fourth-order valence-electron chi connectivity index (χ4n) is 2.97. The highest BCUT2D eigenvalue weighted by atomic mass is 16.2. The van der Waals surface area contributed by atoms with Crippen molar-refractivity contribution in [3.63, 3.8) is 0 Å². The molecular formula is C16H23N5O. The standard InChI is InChI=1S/C16H23N5O/c1-3-6-11-9-13(20-19-11)16(22)17-10-15-18-12-7-4-5-8-14(12)21(15)2/h4-5,7-8,11,13,19-20H,3,6,9-10H2,1-2H3,(H,17,22). The van der Waals surface area contributed by atoms with Gasteiger partial charge >= 0.3 is 0 Å². The van der Waals surface area contributed by atoms with Crippen LogP contribution in [0.15, 0.2) is 24.3 Å². The summed E-state index contributed by atoms with van der Waals surface area (Å²) in [6, 6.07) is 8.21. The number of carbonyl (C=O) groups excluding carboxylic acids is 1. The number of nitrogens with zero attached hydrogens (tertiary/aromatic N) is 2. The number of para-hydroxylation sites is 2. The van der Waals surface area contributed by atoms with Gasteiger partial charge in [0.2, 0.25) is 5.91 Å². The lowest BCUT2D eigenvalue weighted by Crippen LogP contribution is -2.43. The van der Waals surface area contributed by atoms with Crippen LogP contribution >= 0.6 is 0 Å². The maximum Gasteiger partial charge on any atom is 0.238 e. The fraction of sp³-hybridized carbons (Fsp3) is 0.500. The zero-order valence-corrected chi connectivity index (χ0v) is 13.1. The predicted molar refractivity (Wildman–Crippen MR) is 85.9 cm³/mol. The van der Waals surface area contributed by atoms with Crippen LogP contribution in [0.5, 0.6) is 0 Å². The number of amides is 1. The van der Waals surface area contributed by atoms with Gasteiger partial charge in [-0.1, -0.05) is 25.5 Å². The van der Waals surface area contributed by atoms with Crippen LogP contribution in [0.25, 0.3) is 11.0 Å². The monoisotopic (exact) mass is 301 g/mol. The predicted octanol–water partition coefficient (Wildman–Crippen LogP) is 1.22. The van der Waals surface area contributed by atoms with Crippen LogP contribution in [-0.4, -0.2) is 27.5 Å². The third kappa shape index (κ3) is 2.98. The molecule has 0 bridgehead atoms. The van der Waals surface area contributed by atoms with Crippen molar-refractivity contribution < 1.29 is 4.79 Å². The molecule has 0 spiro atoms. The third-order valence-electron chi connectivity index (χ3n) is 4.24. The van der Waals surface area contributed by atoms with Gasteiger partial charge in [-0.25, -0.2) is 10.4 Å². The first-order valence-electron chi connectivity index (χ1n) is 7.88. The number of imidazole rings is 1. The van der Waals surface area contributed by atoms with Gasteiger partial charge in [-0.15, -0.1) is 0 Å². The van der Waals surface area contributed by atoms with E-state index in [4.69, 9.17) is 0 Å². The maximum absolute atomic E-state index is 12.2. The normalized spacial score (nSPS) is 21.4. The fourth-order valence-corrected chi connectivity index (χ4v) is 2.97. The van der Waals surface area contributed by atoms with E-state index >= 15 is 0 Å². The summed E-state index contributed by atoms with van der Waals surface area (Å²) in [5.74, 6) is 0.892. The molecule has 1 fully saturated rings. The highest BCUT2D eigenvalue weighted by molar-refractivity contribution is 5.82. The average Bonchev–Trinajstić information content (AvgIpc) is 3.11. The Balaban J connectivity index is 1.60. The Morgan fingerprint density at radius 3 is 3.00 bits per heavy atom. The zero-order chi connectivity index (χ0) is 15.5. The minimum Gasteiger partial charge on any atom is -0.347 e. The minimum atomic E-state index is -0.161. The van der Waals surface area contributed by atoms with Gasteiger partial charge in [0.05, 0.1) is 17.6 Å². The van der Waals surface area contributed by atoms with Gasteiger partial charge in [-0.05, 0) is 25.0 Å². The molecule has 22 heavy (non-hydrogen) atoms. The summed E-state index contributed by atoms with van der Waals surface area (Å²) in [4.78, 5) is 16.8. The molecule has 6 nitrogen and oxygen atoms in total. The number of aromatic nitrogens is 2. The SMILES string of the molecule is CCCC1CC(C(=O)NCc2nc3ccccc3n2C)NN1. The van der Waals surface area contributed by atoms with Crippen molar-refractivity contribution in [2.75, 3.05) is 0 Å². The topological polar surface area (TPSA) is 71.0 Å². The lowest BCUT2D eigenvalue weighted by Gasteiger charge is -2.10.